The molecule has 5 nitrogen and oxygen atoms in total. The lowest BCUT2D eigenvalue weighted by atomic mass is 10.2. The molecule has 1 amide bonds. The molecule has 0 fully saturated rings. The van der Waals surface area contributed by atoms with E-state index in [1.807, 2.05) is 13.8 Å². The zero-order valence-corrected chi connectivity index (χ0v) is 8.63. The van der Waals surface area contributed by atoms with Crippen LogP contribution in [0, 0.1) is 13.8 Å². The molecule has 0 aliphatic rings. The fourth-order valence-corrected chi connectivity index (χ4v) is 1.00. The number of anilines is 1. The SMILES string of the molecule is Cc1noc(NC(=O)CC(C)N)c1C. The van der Waals surface area contributed by atoms with E-state index in [0.29, 0.717) is 5.88 Å². The molecule has 3 N–H and O–H groups in total. The van der Waals surface area contributed by atoms with Gasteiger partial charge in [-0.3, -0.25) is 10.1 Å². The first-order valence-corrected chi connectivity index (χ1v) is 4.49. The summed E-state index contributed by atoms with van der Waals surface area (Å²) in [4.78, 5) is 11.3. The number of nitrogens with two attached hydrogens (primary N) is 1. The number of nitrogens with one attached hydrogen (secondary N) is 1. The van der Waals surface area contributed by atoms with Crippen molar-refractivity contribution in [3.05, 3.63) is 11.3 Å². The van der Waals surface area contributed by atoms with Crippen LogP contribution in [0.2, 0.25) is 0 Å². The van der Waals surface area contributed by atoms with Gasteiger partial charge in [-0.2, -0.15) is 0 Å². The van der Waals surface area contributed by atoms with Gasteiger partial charge in [0, 0.05) is 18.0 Å². The number of aryl methyl sites for hydroxylation is 1. The minimum absolute atomic E-state index is 0.153. The number of nitrogens with zero attached hydrogens (tertiary/aromatic N) is 1. The Morgan fingerprint density at radius 2 is 2.29 bits per heavy atom. The summed E-state index contributed by atoms with van der Waals surface area (Å²) in [5.74, 6) is 0.257. The summed E-state index contributed by atoms with van der Waals surface area (Å²) in [5.41, 5.74) is 7.11. The molecular formula is C9H15N3O2. The molecule has 0 bridgehead atoms. The largest absolute Gasteiger partial charge is 0.338 e. The van der Waals surface area contributed by atoms with Gasteiger partial charge >= 0.3 is 0 Å². The van der Waals surface area contributed by atoms with E-state index in [1.165, 1.54) is 0 Å². The number of carbonyl (C=O) groups is 1. The second-order valence-electron chi connectivity index (χ2n) is 3.45. The quantitative estimate of drug-likeness (QED) is 0.756. The Morgan fingerprint density at radius 1 is 1.64 bits per heavy atom. The molecule has 1 aromatic heterocycles. The molecule has 1 rings (SSSR count). The average Bonchev–Trinajstić information content (AvgIpc) is 2.34. The molecule has 0 spiro atoms. The Bertz CT molecular complexity index is 331. The van der Waals surface area contributed by atoms with Gasteiger partial charge in [-0.15, -0.1) is 0 Å². The zero-order chi connectivity index (χ0) is 10.7. The van der Waals surface area contributed by atoms with Crippen molar-refractivity contribution in [2.24, 2.45) is 5.73 Å². The van der Waals surface area contributed by atoms with Crippen LogP contribution in [0.25, 0.3) is 0 Å². The van der Waals surface area contributed by atoms with Crippen LogP contribution in [0.1, 0.15) is 24.6 Å². The average molecular weight is 197 g/mol. The van der Waals surface area contributed by atoms with Gasteiger partial charge in [0.05, 0.1) is 5.69 Å². The molecule has 1 aromatic rings. The third-order valence-corrected chi connectivity index (χ3v) is 1.92. The van der Waals surface area contributed by atoms with Gasteiger partial charge < -0.3 is 10.3 Å². The smallest absolute Gasteiger partial charge is 0.234 e. The van der Waals surface area contributed by atoms with Crippen molar-refractivity contribution in [3.63, 3.8) is 0 Å². The standard InChI is InChI=1S/C9H15N3O2/c1-5(10)4-8(13)11-9-6(2)7(3)12-14-9/h5H,4,10H2,1-3H3,(H,11,13). The van der Waals surface area contributed by atoms with Gasteiger partial charge in [0.2, 0.25) is 11.8 Å². The van der Waals surface area contributed by atoms with Crippen LogP contribution in [0.3, 0.4) is 0 Å². The van der Waals surface area contributed by atoms with E-state index >= 15 is 0 Å². The first-order chi connectivity index (χ1) is 6.50. The highest BCUT2D eigenvalue weighted by atomic mass is 16.5. The number of aromatic nitrogens is 1. The molecule has 0 aromatic carbocycles. The van der Waals surface area contributed by atoms with Crippen LogP contribution in [0.4, 0.5) is 5.88 Å². The van der Waals surface area contributed by atoms with Crippen molar-refractivity contribution in [1.82, 2.24) is 5.16 Å². The Morgan fingerprint density at radius 3 is 2.71 bits per heavy atom. The maximum Gasteiger partial charge on any atom is 0.234 e. The highest BCUT2D eigenvalue weighted by Crippen LogP contribution is 2.17. The molecule has 14 heavy (non-hydrogen) atoms. The second-order valence-corrected chi connectivity index (χ2v) is 3.45. The Hall–Kier alpha value is -1.36. The van der Waals surface area contributed by atoms with E-state index in [2.05, 4.69) is 10.5 Å². The highest BCUT2D eigenvalue weighted by Gasteiger charge is 2.12. The van der Waals surface area contributed by atoms with Gasteiger partial charge in [-0.1, -0.05) is 5.16 Å². The molecule has 5 heteroatoms. The first-order valence-electron chi connectivity index (χ1n) is 4.49. The number of rotatable bonds is 3. The molecule has 0 aliphatic heterocycles. The molecule has 0 aliphatic carbocycles. The molecule has 78 valence electrons. The van der Waals surface area contributed by atoms with Crippen LogP contribution < -0.4 is 11.1 Å². The molecule has 0 saturated carbocycles. The van der Waals surface area contributed by atoms with E-state index in [0.717, 1.165) is 11.3 Å². The van der Waals surface area contributed by atoms with Crippen LogP contribution in [0.15, 0.2) is 4.52 Å². The Kier molecular flexibility index (Phi) is 3.24. The lowest BCUT2D eigenvalue weighted by Crippen LogP contribution is -2.24. The highest BCUT2D eigenvalue weighted by molar-refractivity contribution is 5.90. The zero-order valence-electron chi connectivity index (χ0n) is 8.63. The van der Waals surface area contributed by atoms with Gasteiger partial charge in [0.15, 0.2) is 0 Å². The van der Waals surface area contributed by atoms with Crippen molar-refractivity contribution in [2.45, 2.75) is 33.2 Å². The molecular weight excluding hydrogens is 182 g/mol. The maximum absolute atomic E-state index is 11.3. The van der Waals surface area contributed by atoms with Crippen LogP contribution in [-0.4, -0.2) is 17.1 Å². The van der Waals surface area contributed by atoms with Crippen molar-refractivity contribution in [2.75, 3.05) is 5.32 Å². The van der Waals surface area contributed by atoms with Gasteiger partial charge in [0.1, 0.15) is 0 Å². The fourth-order valence-electron chi connectivity index (χ4n) is 1.00. The van der Waals surface area contributed by atoms with Crippen molar-refractivity contribution in [3.8, 4) is 0 Å². The van der Waals surface area contributed by atoms with E-state index < -0.39 is 0 Å². The van der Waals surface area contributed by atoms with E-state index in [4.69, 9.17) is 10.3 Å². The van der Waals surface area contributed by atoms with Gasteiger partial charge in [0.25, 0.3) is 0 Å². The van der Waals surface area contributed by atoms with E-state index in [9.17, 15) is 4.79 Å². The summed E-state index contributed by atoms with van der Waals surface area (Å²) in [7, 11) is 0. The number of hydrogen-bond donors (Lipinski definition) is 2. The summed E-state index contributed by atoms with van der Waals surface area (Å²) in [5, 5.41) is 6.34. The van der Waals surface area contributed by atoms with Gasteiger partial charge in [-0.25, -0.2) is 0 Å². The van der Waals surface area contributed by atoms with Crippen molar-refractivity contribution < 1.29 is 9.32 Å². The second kappa shape index (κ2) is 4.23. The monoisotopic (exact) mass is 197 g/mol. The predicted octanol–water partition coefficient (Wildman–Crippen LogP) is 0.967. The Balaban J connectivity index is 2.61. The summed E-state index contributed by atoms with van der Waals surface area (Å²) in [6, 6.07) is -0.153. The summed E-state index contributed by atoms with van der Waals surface area (Å²) >= 11 is 0. The molecule has 0 radical (unpaired) electrons. The molecule has 1 atom stereocenters. The predicted molar refractivity (Wildman–Crippen MR) is 52.9 cm³/mol. The minimum atomic E-state index is -0.153. The normalized spacial score (nSPS) is 12.6. The summed E-state index contributed by atoms with van der Waals surface area (Å²) in [6.07, 6.45) is 0.277. The molecule has 1 heterocycles. The minimum Gasteiger partial charge on any atom is -0.338 e. The number of amides is 1. The van der Waals surface area contributed by atoms with Crippen LogP contribution in [-0.2, 0) is 4.79 Å². The first kappa shape index (κ1) is 10.7. The lowest BCUT2D eigenvalue weighted by Gasteiger charge is -2.04. The van der Waals surface area contributed by atoms with Crippen LogP contribution in [0.5, 0.6) is 0 Å². The van der Waals surface area contributed by atoms with Crippen LogP contribution >= 0.6 is 0 Å². The Labute approximate surface area is 82.6 Å². The third kappa shape index (κ3) is 2.56. The summed E-state index contributed by atoms with van der Waals surface area (Å²) < 4.78 is 4.92. The van der Waals surface area contributed by atoms with Crippen molar-refractivity contribution in [1.29, 1.82) is 0 Å². The number of carbonyl (C=O) groups excluding carboxylic acids is 1. The lowest BCUT2D eigenvalue weighted by molar-refractivity contribution is -0.116. The molecule has 1 unspecified atom stereocenters. The molecule has 0 saturated heterocycles. The van der Waals surface area contributed by atoms with E-state index in [1.54, 1.807) is 6.92 Å². The third-order valence-electron chi connectivity index (χ3n) is 1.92. The topological polar surface area (TPSA) is 81.2 Å². The maximum atomic E-state index is 11.3. The summed E-state index contributed by atoms with van der Waals surface area (Å²) in [6.45, 7) is 5.44. The van der Waals surface area contributed by atoms with E-state index in [-0.39, 0.29) is 18.4 Å². The van der Waals surface area contributed by atoms with Gasteiger partial charge in [-0.05, 0) is 20.8 Å². The van der Waals surface area contributed by atoms with Crippen molar-refractivity contribution >= 4 is 11.8 Å². The fraction of sp³-hybridized carbons (Fsp3) is 0.556. The number of hydrogen-bond acceptors (Lipinski definition) is 4.